The molecular formula is C11H25NO2S. The summed E-state index contributed by atoms with van der Waals surface area (Å²) < 4.78 is 5.34. The molecule has 15 heavy (non-hydrogen) atoms. The molecule has 0 aromatic heterocycles. The molecule has 0 bridgehead atoms. The second-order valence-electron chi connectivity index (χ2n) is 3.80. The number of hydrogen-bond donors (Lipinski definition) is 2. The van der Waals surface area contributed by atoms with E-state index < -0.39 is 0 Å². The summed E-state index contributed by atoms with van der Waals surface area (Å²) in [6, 6.07) is 0. The molecule has 0 spiro atoms. The van der Waals surface area contributed by atoms with Gasteiger partial charge in [-0.25, -0.2) is 0 Å². The number of ether oxygens (including phenoxy) is 1. The Morgan fingerprint density at radius 1 is 1.47 bits per heavy atom. The number of rotatable bonds is 10. The maximum atomic E-state index is 9.59. The molecule has 0 rings (SSSR count). The van der Waals surface area contributed by atoms with Crippen molar-refractivity contribution in [3.8, 4) is 0 Å². The van der Waals surface area contributed by atoms with Crippen LogP contribution in [0.3, 0.4) is 0 Å². The van der Waals surface area contributed by atoms with Crippen molar-refractivity contribution in [3.05, 3.63) is 0 Å². The zero-order valence-electron chi connectivity index (χ0n) is 9.95. The van der Waals surface area contributed by atoms with Gasteiger partial charge in [-0.15, -0.1) is 0 Å². The Morgan fingerprint density at radius 2 is 2.20 bits per heavy atom. The normalized spacial score (nSPS) is 15.2. The van der Waals surface area contributed by atoms with Gasteiger partial charge in [-0.1, -0.05) is 20.3 Å². The summed E-state index contributed by atoms with van der Waals surface area (Å²) >= 11 is 1.76. The molecule has 0 aromatic carbocycles. The summed E-state index contributed by atoms with van der Waals surface area (Å²) in [5.41, 5.74) is 5.45. The SMILES string of the molecule is CCCCOCC(O)CSC(C)CCN. The van der Waals surface area contributed by atoms with Crippen molar-refractivity contribution >= 4 is 11.8 Å². The molecule has 0 aliphatic heterocycles. The molecule has 0 saturated heterocycles. The maximum Gasteiger partial charge on any atom is 0.0863 e. The second kappa shape index (κ2) is 10.7. The highest BCUT2D eigenvalue weighted by Gasteiger charge is 2.07. The van der Waals surface area contributed by atoms with Gasteiger partial charge in [-0.3, -0.25) is 0 Å². The van der Waals surface area contributed by atoms with E-state index in [-0.39, 0.29) is 6.10 Å². The van der Waals surface area contributed by atoms with Gasteiger partial charge >= 0.3 is 0 Å². The van der Waals surface area contributed by atoms with Gasteiger partial charge in [0.2, 0.25) is 0 Å². The van der Waals surface area contributed by atoms with Gasteiger partial charge in [-0.2, -0.15) is 11.8 Å². The van der Waals surface area contributed by atoms with Crippen molar-refractivity contribution in [2.24, 2.45) is 5.73 Å². The molecule has 3 N–H and O–H groups in total. The van der Waals surface area contributed by atoms with Crippen LogP contribution in [0, 0.1) is 0 Å². The van der Waals surface area contributed by atoms with Crippen molar-refractivity contribution in [1.82, 2.24) is 0 Å². The topological polar surface area (TPSA) is 55.5 Å². The smallest absolute Gasteiger partial charge is 0.0863 e. The average molecular weight is 235 g/mol. The fourth-order valence-electron chi connectivity index (χ4n) is 1.11. The van der Waals surface area contributed by atoms with E-state index in [0.717, 1.165) is 38.2 Å². The number of hydrogen-bond acceptors (Lipinski definition) is 4. The minimum Gasteiger partial charge on any atom is -0.390 e. The summed E-state index contributed by atoms with van der Waals surface area (Å²) in [5, 5.41) is 10.1. The lowest BCUT2D eigenvalue weighted by Crippen LogP contribution is -2.20. The van der Waals surface area contributed by atoms with E-state index in [1.165, 1.54) is 0 Å². The average Bonchev–Trinajstić information content (AvgIpc) is 2.22. The molecule has 92 valence electrons. The van der Waals surface area contributed by atoms with Crippen LogP contribution in [0.25, 0.3) is 0 Å². The molecule has 2 atom stereocenters. The highest BCUT2D eigenvalue weighted by Crippen LogP contribution is 2.14. The monoisotopic (exact) mass is 235 g/mol. The highest BCUT2D eigenvalue weighted by molar-refractivity contribution is 7.99. The first-order valence-corrected chi connectivity index (χ1v) is 6.83. The Hall–Kier alpha value is 0.230. The summed E-state index contributed by atoms with van der Waals surface area (Å²) in [6.45, 7) is 6.21. The van der Waals surface area contributed by atoms with Crippen LogP contribution in [0.2, 0.25) is 0 Å². The van der Waals surface area contributed by atoms with Gasteiger partial charge in [0.25, 0.3) is 0 Å². The fourth-order valence-corrected chi connectivity index (χ4v) is 2.06. The lowest BCUT2D eigenvalue weighted by atomic mass is 10.3. The van der Waals surface area contributed by atoms with Crippen LogP contribution in [-0.2, 0) is 4.74 Å². The molecule has 0 aromatic rings. The molecular weight excluding hydrogens is 210 g/mol. The number of unbranched alkanes of at least 4 members (excludes halogenated alkanes) is 1. The van der Waals surface area contributed by atoms with E-state index in [4.69, 9.17) is 10.5 Å². The molecule has 3 nitrogen and oxygen atoms in total. The van der Waals surface area contributed by atoms with E-state index in [1.807, 2.05) is 0 Å². The number of aliphatic hydroxyl groups is 1. The molecule has 0 aliphatic rings. The Balaban J connectivity index is 3.28. The zero-order chi connectivity index (χ0) is 11.5. The van der Waals surface area contributed by atoms with Crippen molar-refractivity contribution in [2.75, 3.05) is 25.5 Å². The van der Waals surface area contributed by atoms with Gasteiger partial charge in [0.1, 0.15) is 0 Å². The lowest BCUT2D eigenvalue weighted by Gasteiger charge is -2.14. The Bertz CT molecular complexity index is 136. The van der Waals surface area contributed by atoms with Gasteiger partial charge in [0.05, 0.1) is 12.7 Å². The zero-order valence-corrected chi connectivity index (χ0v) is 10.8. The summed E-state index contributed by atoms with van der Waals surface area (Å²) in [6.07, 6.45) is 2.88. The van der Waals surface area contributed by atoms with E-state index in [2.05, 4.69) is 13.8 Å². The summed E-state index contributed by atoms with van der Waals surface area (Å²) in [5.74, 6) is 0.743. The van der Waals surface area contributed by atoms with Crippen LogP contribution < -0.4 is 5.73 Å². The number of thioether (sulfide) groups is 1. The first kappa shape index (κ1) is 15.2. The van der Waals surface area contributed by atoms with Crippen molar-refractivity contribution < 1.29 is 9.84 Å². The van der Waals surface area contributed by atoms with Gasteiger partial charge < -0.3 is 15.6 Å². The van der Waals surface area contributed by atoms with Crippen molar-refractivity contribution in [2.45, 2.75) is 44.5 Å². The Labute approximate surface area is 97.8 Å². The molecule has 4 heteroatoms. The predicted octanol–water partition coefficient (Wildman–Crippen LogP) is 1.63. The minimum atomic E-state index is -0.341. The standard InChI is InChI=1S/C11H25NO2S/c1-3-4-7-14-8-11(13)9-15-10(2)5-6-12/h10-11,13H,3-9,12H2,1-2H3. The third-order valence-corrected chi connectivity index (χ3v) is 3.48. The Kier molecular flexibility index (Phi) is 10.9. The molecule has 0 fully saturated rings. The van der Waals surface area contributed by atoms with Crippen LogP contribution in [0.4, 0.5) is 0 Å². The Morgan fingerprint density at radius 3 is 2.80 bits per heavy atom. The van der Waals surface area contributed by atoms with Gasteiger partial charge in [0.15, 0.2) is 0 Å². The highest BCUT2D eigenvalue weighted by atomic mass is 32.2. The number of nitrogens with two attached hydrogens (primary N) is 1. The fraction of sp³-hybridized carbons (Fsp3) is 1.00. The second-order valence-corrected chi connectivity index (χ2v) is 5.27. The van der Waals surface area contributed by atoms with Crippen molar-refractivity contribution in [1.29, 1.82) is 0 Å². The summed E-state index contributed by atoms with van der Waals surface area (Å²) in [7, 11) is 0. The van der Waals surface area contributed by atoms with E-state index in [1.54, 1.807) is 11.8 Å². The van der Waals surface area contributed by atoms with Gasteiger partial charge in [-0.05, 0) is 19.4 Å². The van der Waals surface area contributed by atoms with Crippen LogP contribution >= 0.6 is 11.8 Å². The third kappa shape index (κ3) is 10.5. The molecule has 0 heterocycles. The molecule has 2 unspecified atom stereocenters. The lowest BCUT2D eigenvalue weighted by molar-refractivity contribution is 0.0473. The minimum absolute atomic E-state index is 0.341. The van der Waals surface area contributed by atoms with Gasteiger partial charge in [0, 0.05) is 17.6 Å². The van der Waals surface area contributed by atoms with Crippen LogP contribution in [0.5, 0.6) is 0 Å². The molecule has 0 aliphatic carbocycles. The van der Waals surface area contributed by atoms with E-state index >= 15 is 0 Å². The van der Waals surface area contributed by atoms with Crippen LogP contribution in [0.1, 0.15) is 33.1 Å². The molecule has 0 amide bonds. The van der Waals surface area contributed by atoms with E-state index in [9.17, 15) is 5.11 Å². The van der Waals surface area contributed by atoms with Crippen LogP contribution in [-0.4, -0.2) is 42.0 Å². The largest absolute Gasteiger partial charge is 0.390 e. The quantitative estimate of drug-likeness (QED) is 0.565. The summed E-state index contributed by atoms with van der Waals surface area (Å²) in [4.78, 5) is 0. The van der Waals surface area contributed by atoms with E-state index in [0.29, 0.717) is 11.9 Å². The number of aliphatic hydroxyl groups excluding tert-OH is 1. The third-order valence-electron chi connectivity index (χ3n) is 2.10. The van der Waals surface area contributed by atoms with Crippen molar-refractivity contribution in [3.63, 3.8) is 0 Å². The predicted molar refractivity (Wildman–Crippen MR) is 67.3 cm³/mol. The molecule has 0 radical (unpaired) electrons. The maximum absolute atomic E-state index is 9.59. The first-order valence-electron chi connectivity index (χ1n) is 5.78. The molecule has 0 saturated carbocycles. The van der Waals surface area contributed by atoms with Crippen LogP contribution in [0.15, 0.2) is 0 Å². The first-order chi connectivity index (χ1) is 7.20.